The van der Waals surface area contributed by atoms with Crippen LogP contribution in [0.15, 0.2) is 28.6 Å². The maximum Gasteiger partial charge on any atom is 0.205 e. The first-order chi connectivity index (χ1) is 6.54. The van der Waals surface area contributed by atoms with E-state index in [2.05, 4.69) is 4.98 Å². The molecule has 0 aliphatic heterocycles. The molecule has 0 unspecified atom stereocenters. The van der Waals surface area contributed by atoms with Gasteiger partial charge >= 0.3 is 0 Å². The maximum absolute atomic E-state index is 11.0. The topological polar surface area (TPSA) is 47.0 Å². The number of fused-ring (bicyclic) bond motifs is 1. The molecule has 74 valence electrons. The fourth-order valence-electron chi connectivity index (χ4n) is 1.02. The summed E-state index contributed by atoms with van der Waals surface area (Å²) in [7, 11) is -2.25. The van der Waals surface area contributed by atoms with Gasteiger partial charge in [-0.15, -0.1) is 11.3 Å². The third kappa shape index (κ3) is 2.26. The molecule has 0 atom stereocenters. The summed E-state index contributed by atoms with van der Waals surface area (Å²) < 4.78 is 23.6. The van der Waals surface area contributed by atoms with Gasteiger partial charge in [0, 0.05) is 17.0 Å². The molecule has 0 spiro atoms. The van der Waals surface area contributed by atoms with E-state index in [1.54, 1.807) is 0 Å². The van der Waals surface area contributed by atoms with Crippen molar-refractivity contribution in [1.82, 2.24) is 4.98 Å². The molecule has 1 aromatic heterocycles. The van der Waals surface area contributed by atoms with Crippen LogP contribution >= 0.6 is 22.1 Å². The molecule has 1 aromatic carbocycles. The highest BCUT2D eigenvalue weighted by Crippen LogP contribution is 2.31. The lowest BCUT2D eigenvalue weighted by molar-refractivity contribution is 0.615. The van der Waals surface area contributed by atoms with Gasteiger partial charge in [-0.25, -0.2) is 13.4 Å². The average Bonchev–Trinajstić information content (AvgIpc) is 2.42. The molecule has 0 amide bonds. The fourth-order valence-corrected chi connectivity index (χ4v) is 4.82. The predicted molar refractivity (Wildman–Crippen MR) is 60.3 cm³/mol. The van der Waals surface area contributed by atoms with Gasteiger partial charge in [0.2, 0.25) is 8.87 Å². The lowest BCUT2D eigenvalue weighted by Gasteiger charge is -1.88. The lowest BCUT2D eigenvalue weighted by atomic mass is 10.3. The number of para-hydroxylation sites is 1. The van der Waals surface area contributed by atoms with E-state index in [4.69, 9.17) is 0 Å². The Hall–Kier alpha value is -0.590. The number of hydrogen-bond acceptors (Lipinski definition) is 5. The second-order valence-electron chi connectivity index (χ2n) is 2.73. The lowest BCUT2D eigenvalue weighted by Crippen LogP contribution is -1.86. The van der Waals surface area contributed by atoms with Gasteiger partial charge in [0.05, 0.1) is 10.2 Å². The second kappa shape index (κ2) is 3.52. The standard InChI is InChI=1S/C8H7NO2S3/c1-14(10,11)13-8-9-6-4-2-3-5-7(6)12-8/h2-5H,1H3. The van der Waals surface area contributed by atoms with Gasteiger partial charge in [0.25, 0.3) is 0 Å². The highest BCUT2D eigenvalue weighted by molar-refractivity contribution is 8.72. The number of benzene rings is 1. The zero-order valence-electron chi connectivity index (χ0n) is 7.30. The van der Waals surface area contributed by atoms with E-state index in [-0.39, 0.29) is 0 Å². The summed E-state index contributed by atoms with van der Waals surface area (Å²) in [4.78, 5) is 4.20. The molecular formula is C8H7NO2S3. The molecule has 14 heavy (non-hydrogen) atoms. The van der Waals surface area contributed by atoms with Crippen LogP contribution in [0.25, 0.3) is 10.2 Å². The molecule has 0 radical (unpaired) electrons. The second-order valence-corrected chi connectivity index (χ2v) is 8.30. The predicted octanol–water partition coefficient (Wildman–Crippen LogP) is 2.35. The van der Waals surface area contributed by atoms with Crippen molar-refractivity contribution in [3.05, 3.63) is 24.3 Å². The maximum atomic E-state index is 11.0. The number of thiazole rings is 1. The minimum atomic E-state index is -3.06. The minimum absolute atomic E-state index is 0.578. The van der Waals surface area contributed by atoms with Crippen molar-refractivity contribution in [3.8, 4) is 0 Å². The molecule has 0 fully saturated rings. The Morgan fingerprint density at radius 1 is 1.36 bits per heavy atom. The summed E-state index contributed by atoms with van der Waals surface area (Å²) in [6.45, 7) is 0. The molecular weight excluding hydrogens is 238 g/mol. The zero-order chi connectivity index (χ0) is 10.2. The smallest absolute Gasteiger partial charge is 0.205 e. The van der Waals surface area contributed by atoms with Crippen molar-refractivity contribution in [3.63, 3.8) is 0 Å². The van der Waals surface area contributed by atoms with Crippen LogP contribution in [0.4, 0.5) is 0 Å². The van der Waals surface area contributed by atoms with Crippen molar-refractivity contribution < 1.29 is 8.42 Å². The largest absolute Gasteiger partial charge is 0.229 e. The fraction of sp³-hybridized carbons (Fsp3) is 0.125. The monoisotopic (exact) mass is 245 g/mol. The van der Waals surface area contributed by atoms with Gasteiger partial charge in [0.15, 0.2) is 4.34 Å². The summed E-state index contributed by atoms with van der Waals surface area (Å²) >= 11 is 1.40. The first-order valence-corrected chi connectivity index (χ1v) is 7.84. The first kappa shape index (κ1) is 9.95. The summed E-state index contributed by atoms with van der Waals surface area (Å²) in [5.41, 5.74) is 0.851. The third-order valence-corrected chi connectivity index (χ3v) is 5.06. The number of hydrogen-bond donors (Lipinski definition) is 0. The Bertz CT molecular complexity index is 526. The van der Waals surface area contributed by atoms with E-state index < -0.39 is 8.87 Å². The normalized spacial score (nSPS) is 12.1. The molecule has 0 N–H and O–H groups in total. The van der Waals surface area contributed by atoms with Crippen LogP contribution in [-0.4, -0.2) is 19.7 Å². The molecule has 3 nitrogen and oxygen atoms in total. The van der Waals surface area contributed by atoms with Gasteiger partial charge in [-0.2, -0.15) is 0 Å². The van der Waals surface area contributed by atoms with Gasteiger partial charge < -0.3 is 0 Å². The van der Waals surface area contributed by atoms with Crippen LogP contribution in [-0.2, 0) is 8.87 Å². The highest BCUT2D eigenvalue weighted by Gasteiger charge is 2.10. The van der Waals surface area contributed by atoms with E-state index in [0.29, 0.717) is 4.34 Å². The van der Waals surface area contributed by atoms with E-state index in [1.165, 1.54) is 17.6 Å². The third-order valence-electron chi connectivity index (χ3n) is 1.50. The number of rotatable bonds is 2. The van der Waals surface area contributed by atoms with Gasteiger partial charge in [0.1, 0.15) is 0 Å². The molecule has 0 bridgehead atoms. The molecule has 0 aliphatic carbocycles. The van der Waals surface area contributed by atoms with Crippen LogP contribution < -0.4 is 0 Å². The SMILES string of the molecule is CS(=O)(=O)Sc1nc2ccccc2s1. The van der Waals surface area contributed by atoms with Crippen molar-refractivity contribution in [1.29, 1.82) is 0 Å². The van der Waals surface area contributed by atoms with E-state index in [9.17, 15) is 8.42 Å². The van der Waals surface area contributed by atoms with Crippen molar-refractivity contribution in [2.24, 2.45) is 0 Å². The molecule has 6 heteroatoms. The van der Waals surface area contributed by atoms with E-state index in [0.717, 1.165) is 21.0 Å². The van der Waals surface area contributed by atoms with Crippen molar-refractivity contribution in [2.75, 3.05) is 6.26 Å². The van der Waals surface area contributed by atoms with Crippen LogP contribution in [0, 0.1) is 0 Å². The molecule has 0 saturated heterocycles. The van der Waals surface area contributed by atoms with Crippen LogP contribution in [0.1, 0.15) is 0 Å². The Morgan fingerprint density at radius 2 is 2.07 bits per heavy atom. The van der Waals surface area contributed by atoms with Gasteiger partial charge in [-0.3, -0.25) is 0 Å². The molecule has 0 saturated carbocycles. The minimum Gasteiger partial charge on any atom is -0.229 e. The zero-order valence-corrected chi connectivity index (χ0v) is 9.75. The Balaban J connectivity index is 2.46. The Kier molecular flexibility index (Phi) is 2.50. The molecule has 2 rings (SSSR count). The summed E-state index contributed by atoms with van der Waals surface area (Å²) in [6, 6.07) is 7.60. The van der Waals surface area contributed by atoms with Crippen molar-refractivity contribution >= 4 is 41.2 Å². The van der Waals surface area contributed by atoms with Crippen molar-refractivity contribution in [2.45, 2.75) is 4.34 Å². The number of aromatic nitrogens is 1. The van der Waals surface area contributed by atoms with Crippen LogP contribution in [0.5, 0.6) is 0 Å². The Labute approximate surface area is 89.5 Å². The van der Waals surface area contributed by atoms with E-state index in [1.807, 2.05) is 24.3 Å². The highest BCUT2D eigenvalue weighted by atomic mass is 33.1. The number of nitrogens with zero attached hydrogens (tertiary/aromatic N) is 1. The molecule has 0 aliphatic rings. The van der Waals surface area contributed by atoms with Crippen LogP contribution in [0.3, 0.4) is 0 Å². The van der Waals surface area contributed by atoms with Gasteiger partial charge in [-0.1, -0.05) is 12.1 Å². The van der Waals surface area contributed by atoms with Gasteiger partial charge in [-0.05, 0) is 12.1 Å². The molecule has 2 aromatic rings. The summed E-state index contributed by atoms with van der Waals surface area (Å²) in [5.74, 6) is 0. The quantitative estimate of drug-likeness (QED) is 0.762. The summed E-state index contributed by atoms with van der Waals surface area (Å²) in [6.07, 6.45) is 1.18. The Morgan fingerprint density at radius 3 is 2.71 bits per heavy atom. The molecule has 1 heterocycles. The first-order valence-electron chi connectivity index (χ1n) is 3.80. The van der Waals surface area contributed by atoms with E-state index >= 15 is 0 Å². The summed E-state index contributed by atoms with van der Waals surface area (Å²) in [5, 5.41) is 0. The average molecular weight is 245 g/mol. The van der Waals surface area contributed by atoms with Crippen LogP contribution in [0.2, 0.25) is 0 Å².